The van der Waals surface area contributed by atoms with Gasteiger partial charge in [0.15, 0.2) is 0 Å². The van der Waals surface area contributed by atoms with Crippen LogP contribution in [0.25, 0.3) is 0 Å². The molecule has 0 bridgehead atoms. The van der Waals surface area contributed by atoms with Gasteiger partial charge in [-0.2, -0.15) is 0 Å². The average Bonchev–Trinajstić information content (AvgIpc) is 2.34. The van der Waals surface area contributed by atoms with Gasteiger partial charge < -0.3 is 15.6 Å². The standard InChI is InChI=1S/C12H19FN2O4S/c1-12(16,5-6-19-2)8-15-20(17,18)11-4-3-9(13)7-10(11)14/h3-4,7,15-16H,5-6,8,14H2,1-2H3. The van der Waals surface area contributed by atoms with E-state index in [0.29, 0.717) is 6.61 Å². The SMILES string of the molecule is COCCC(C)(O)CNS(=O)(=O)c1ccc(F)cc1N. The quantitative estimate of drug-likeness (QED) is 0.636. The summed E-state index contributed by atoms with van der Waals surface area (Å²) in [6, 6.07) is 3.02. The minimum absolute atomic E-state index is 0.186. The van der Waals surface area contributed by atoms with E-state index in [4.69, 9.17) is 10.5 Å². The van der Waals surface area contributed by atoms with E-state index < -0.39 is 21.4 Å². The number of methoxy groups -OCH3 is 1. The third-order valence-corrected chi connectivity index (χ3v) is 4.22. The van der Waals surface area contributed by atoms with E-state index >= 15 is 0 Å². The molecular formula is C12H19FN2O4S. The lowest BCUT2D eigenvalue weighted by Gasteiger charge is -2.23. The molecular weight excluding hydrogens is 287 g/mol. The minimum atomic E-state index is -3.91. The highest BCUT2D eigenvalue weighted by molar-refractivity contribution is 7.89. The number of ether oxygens (including phenoxy) is 1. The summed E-state index contributed by atoms with van der Waals surface area (Å²) in [7, 11) is -2.42. The van der Waals surface area contributed by atoms with Gasteiger partial charge in [-0.25, -0.2) is 17.5 Å². The first kappa shape index (κ1) is 16.8. The number of anilines is 1. The molecule has 0 aliphatic carbocycles. The summed E-state index contributed by atoms with van der Waals surface area (Å²) in [4.78, 5) is -0.221. The molecule has 4 N–H and O–H groups in total. The van der Waals surface area contributed by atoms with Crippen molar-refractivity contribution in [2.45, 2.75) is 23.8 Å². The number of aliphatic hydroxyl groups is 1. The van der Waals surface area contributed by atoms with E-state index in [1.807, 2.05) is 0 Å². The Morgan fingerprint density at radius 2 is 2.15 bits per heavy atom. The van der Waals surface area contributed by atoms with Gasteiger partial charge in [-0.3, -0.25) is 0 Å². The minimum Gasteiger partial charge on any atom is -0.398 e. The van der Waals surface area contributed by atoms with Crippen molar-refractivity contribution in [2.24, 2.45) is 0 Å². The van der Waals surface area contributed by atoms with Crippen molar-refractivity contribution in [3.63, 3.8) is 0 Å². The summed E-state index contributed by atoms with van der Waals surface area (Å²) in [5.41, 5.74) is 4.05. The number of benzene rings is 1. The largest absolute Gasteiger partial charge is 0.398 e. The van der Waals surface area contributed by atoms with Gasteiger partial charge in [0, 0.05) is 26.7 Å². The molecule has 1 rings (SSSR count). The number of sulfonamides is 1. The van der Waals surface area contributed by atoms with Crippen molar-refractivity contribution in [3.05, 3.63) is 24.0 Å². The Kier molecular flexibility index (Phi) is 5.46. The number of hydrogen-bond acceptors (Lipinski definition) is 5. The van der Waals surface area contributed by atoms with Gasteiger partial charge >= 0.3 is 0 Å². The van der Waals surface area contributed by atoms with Crippen LogP contribution in [0.4, 0.5) is 10.1 Å². The zero-order chi connectivity index (χ0) is 15.4. The molecule has 0 saturated carbocycles. The van der Waals surface area contributed by atoms with Crippen LogP contribution in [0.15, 0.2) is 23.1 Å². The Morgan fingerprint density at radius 3 is 2.70 bits per heavy atom. The molecule has 1 unspecified atom stereocenters. The van der Waals surface area contributed by atoms with Crippen molar-refractivity contribution in [1.82, 2.24) is 4.72 Å². The molecule has 20 heavy (non-hydrogen) atoms. The Morgan fingerprint density at radius 1 is 1.50 bits per heavy atom. The molecule has 1 atom stereocenters. The summed E-state index contributed by atoms with van der Waals surface area (Å²) >= 11 is 0. The molecule has 0 radical (unpaired) electrons. The normalized spacial score (nSPS) is 15.0. The number of rotatable bonds is 7. The smallest absolute Gasteiger partial charge is 0.242 e. The molecule has 0 aliphatic rings. The first-order valence-electron chi connectivity index (χ1n) is 5.94. The topological polar surface area (TPSA) is 102 Å². The monoisotopic (exact) mass is 306 g/mol. The lowest BCUT2D eigenvalue weighted by atomic mass is 10.0. The maximum atomic E-state index is 12.9. The highest BCUT2D eigenvalue weighted by Gasteiger charge is 2.25. The number of halogens is 1. The summed E-state index contributed by atoms with van der Waals surface area (Å²) in [5.74, 6) is -0.617. The highest BCUT2D eigenvalue weighted by atomic mass is 32.2. The summed E-state index contributed by atoms with van der Waals surface area (Å²) in [5, 5.41) is 9.97. The summed E-state index contributed by atoms with van der Waals surface area (Å²) in [6.45, 7) is 1.59. The first-order chi connectivity index (χ1) is 9.18. The molecule has 114 valence electrons. The van der Waals surface area contributed by atoms with E-state index in [1.165, 1.54) is 14.0 Å². The molecule has 0 amide bonds. The number of nitrogens with one attached hydrogen (secondary N) is 1. The fraction of sp³-hybridized carbons (Fsp3) is 0.500. The van der Waals surface area contributed by atoms with Crippen molar-refractivity contribution in [3.8, 4) is 0 Å². The first-order valence-corrected chi connectivity index (χ1v) is 7.42. The zero-order valence-corrected chi connectivity index (χ0v) is 12.2. The van der Waals surface area contributed by atoms with Crippen LogP contribution < -0.4 is 10.5 Å². The van der Waals surface area contributed by atoms with Gasteiger partial charge in [0.05, 0.1) is 11.3 Å². The van der Waals surface area contributed by atoms with E-state index in [2.05, 4.69) is 4.72 Å². The molecule has 6 nitrogen and oxygen atoms in total. The fourth-order valence-electron chi connectivity index (χ4n) is 1.50. The zero-order valence-electron chi connectivity index (χ0n) is 11.4. The summed E-state index contributed by atoms with van der Waals surface area (Å²) in [6.07, 6.45) is 0.269. The van der Waals surface area contributed by atoms with E-state index in [1.54, 1.807) is 0 Å². The van der Waals surface area contributed by atoms with Crippen LogP contribution in [0, 0.1) is 5.82 Å². The van der Waals surface area contributed by atoms with Gasteiger partial charge in [-0.05, 0) is 25.1 Å². The lowest BCUT2D eigenvalue weighted by molar-refractivity contribution is 0.0292. The predicted molar refractivity (Wildman–Crippen MR) is 73.1 cm³/mol. The number of hydrogen-bond donors (Lipinski definition) is 3. The van der Waals surface area contributed by atoms with Gasteiger partial charge in [-0.1, -0.05) is 0 Å². The molecule has 1 aromatic rings. The van der Waals surface area contributed by atoms with E-state index in [9.17, 15) is 17.9 Å². The second kappa shape index (κ2) is 6.49. The molecule has 0 heterocycles. The third kappa shape index (κ3) is 4.71. The van der Waals surface area contributed by atoms with Crippen molar-refractivity contribution < 1.29 is 22.7 Å². The fourth-order valence-corrected chi connectivity index (χ4v) is 2.78. The van der Waals surface area contributed by atoms with E-state index in [0.717, 1.165) is 18.2 Å². The number of nitrogens with two attached hydrogens (primary N) is 1. The van der Waals surface area contributed by atoms with Crippen LogP contribution >= 0.6 is 0 Å². The Balaban J connectivity index is 2.80. The number of nitrogen functional groups attached to an aromatic ring is 1. The molecule has 1 aromatic carbocycles. The molecule has 0 fully saturated rings. The van der Waals surface area contributed by atoms with Gasteiger partial charge in [0.1, 0.15) is 10.7 Å². The van der Waals surface area contributed by atoms with Gasteiger partial charge in [-0.15, -0.1) is 0 Å². The van der Waals surface area contributed by atoms with E-state index in [-0.39, 0.29) is 23.5 Å². The van der Waals surface area contributed by atoms with Crippen LogP contribution in [0.3, 0.4) is 0 Å². The average molecular weight is 306 g/mol. The Labute approximate surface area is 117 Å². The second-order valence-electron chi connectivity index (χ2n) is 4.75. The Bertz CT molecular complexity index is 561. The van der Waals surface area contributed by atoms with Gasteiger partial charge in [0.25, 0.3) is 0 Å². The van der Waals surface area contributed by atoms with Crippen molar-refractivity contribution >= 4 is 15.7 Å². The molecule has 0 aromatic heterocycles. The maximum Gasteiger partial charge on any atom is 0.242 e. The van der Waals surface area contributed by atoms with Crippen LogP contribution in [-0.2, 0) is 14.8 Å². The van der Waals surface area contributed by atoms with Gasteiger partial charge in [0.2, 0.25) is 10.0 Å². The molecule has 0 spiro atoms. The van der Waals surface area contributed by atoms with Crippen molar-refractivity contribution in [2.75, 3.05) is 26.0 Å². The van der Waals surface area contributed by atoms with Crippen LogP contribution in [0.5, 0.6) is 0 Å². The lowest BCUT2D eigenvalue weighted by Crippen LogP contribution is -2.41. The molecule has 8 heteroatoms. The third-order valence-electron chi connectivity index (χ3n) is 2.75. The van der Waals surface area contributed by atoms with Crippen LogP contribution in [0.2, 0.25) is 0 Å². The Hall–Kier alpha value is -1.22. The van der Waals surface area contributed by atoms with Crippen molar-refractivity contribution in [1.29, 1.82) is 0 Å². The van der Waals surface area contributed by atoms with Crippen LogP contribution in [-0.4, -0.2) is 39.4 Å². The highest BCUT2D eigenvalue weighted by Crippen LogP contribution is 2.19. The molecule has 0 saturated heterocycles. The second-order valence-corrected chi connectivity index (χ2v) is 6.48. The van der Waals surface area contributed by atoms with Crippen LogP contribution in [0.1, 0.15) is 13.3 Å². The maximum absolute atomic E-state index is 12.9. The summed E-state index contributed by atoms with van der Waals surface area (Å²) < 4.78 is 44.0. The predicted octanol–water partition coefficient (Wildman–Crippen LogP) is 0.474. The molecule has 0 aliphatic heterocycles.